The fourth-order valence-corrected chi connectivity index (χ4v) is 5.22. The number of piperazine rings is 1. The fourth-order valence-electron chi connectivity index (χ4n) is 4.97. The van der Waals surface area contributed by atoms with Crippen molar-refractivity contribution in [2.24, 2.45) is 0 Å². The van der Waals surface area contributed by atoms with E-state index in [1.54, 1.807) is 0 Å². The second-order valence-corrected chi connectivity index (χ2v) is 9.69. The Morgan fingerprint density at radius 3 is 2.39 bits per heavy atom. The Bertz CT molecular complexity index is 831. The van der Waals surface area contributed by atoms with Gasteiger partial charge in [-0.3, -0.25) is 0 Å². The Morgan fingerprint density at radius 1 is 1.00 bits per heavy atom. The second kappa shape index (κ2) is 10.4. The lowest BCUT2D eigenvalue weighted by atomic mass is 9.72. The van der Waals surface area contributed by atoms with Crippen molar-refractivity contribution >= 4 is 11.6 Å². The summed E-state index contributed by atoms with van der Waals surface area (Å²) >= 11 is 6.66. The zero-order valence-corrected chi connectivity index (χ0v) is 19.4. The quantitative estimate of drug-likeness (QED) is 0.658. The van der Waals surface area contributed by atoms with Crippen LogP contribution < -0.4 is 4.74 Å². The van der Waals surface area contributed by atoms with Gasteiger partial charge < -0.3 is 19.6 Å². The van der Waals surface area contributed by atoms with Crippen molar-refractivity contribution in [3.8, 4) is 5.75 Å². The molecule has 2 fully saturated rings. The second-order valence-electron chi connectivity index (χ2n) is 9.28. The molecule has 1 atom stereocenters. The summed E-state index contributed by atoms with van der Waals surface area (Å²) in [5, 5.41) is 12.3. The summed E-state index contributed by atoms with van der Waals surface area (Å²) in [6, 6.07) is 16.2. The van der Waals surface area contributed by atoms with E-state index in [1.165, 1.54) is 6.42 Å². The highest BCUT2D eigenvalue weighted by atomic mass is 35.5. The number of rotatable bonds is 7. The third-order valence-corrected chi connectivity index (χ3v) is 7.30. The van der Waals surface area contributed by atoms with Gasteiger partial charge in [0.1, 0.15) is 12.4 Å². The molecule has 0 radical (unpaired) electrons. The summed E-state index contributed by atoms with van der Waals surface area (Å²) in [6.07, 6.45) is 5.16. The number of nitrogens with zero attached hydrogens (tertiary/aromatic N) is 2. The molecule has 1 heterocycles. The van der Waals surface area contributed by atoms with Crippen molar-refractivity contribution in [1.29, 1.82) is 0 Å². The molecular formula is C26H35ClN2O2. The minimum absolute atomic E-state index is 0.0666. The fraction of sp³-hybridized carbons (Fsp3) is 0.538. The van der Waals surface area contributed by atoms with Crippen molar-refractivity contribution in [3.05, 3.63) is 64.7 Å². The van der Waals surface area contributed by atoms with Gasteiger partial charge in [-0.2, -0.15) is 0 Å². The SMILES string of the molecule is CN1CCN(CC(c2ccc(OCc3ccccc3)c(Cl)c2)C2(O)CCCCC2)CC1. The van der Waals surface area contributed by atoms with E-state index in [4.69, 9.17) is 16.3 Å². The number of hydrogen-bond acceptors (Lipinski definition) is 4. The van der Waals surface area contributed by atoms with Gasteiger partial charge in [0.15, 0.2) is 0 Å². The minimum atomic E-state index is -0.655. The van der Waals surface area contributed by atoms with E-state index < -0.39 is 5.60 Å². The Morgan fingerprint density at radius 2 is 1.71 bits per heavy atom. The van der Waals surface area contributed by atoms with E-state index in [0.717, 1.165) is 69.5 Å². The molecule has 1 N–H and O–H groups in total. The number of ether oxygens (including phenoxy) is 1. The molecular weight excluding hydrogens is 408 g/mol. The highest BCUT2D eigenvalue weighted by Crippen LogP contribution is 2.42. The summed E-state index contributed by atoms with van der Waals surface area (Å²) in [5.74, 6) is 0.764. The average molecular weight is 443 g/mol. The molecule has 5 heteroatoms. The van der Waals surface area contributed by atoms with Gasteiger partial charge in [0.25, 0.3) is 0 Å². The van der Waals surface area contributed by atoms with Crippen LogP contribution in [0.4, 0.5) is 0 Å². The molecule has 2 aromatic rings. The summed E-state index contributed by atoms with van der Waals surface area (Å²) < 4.78 is 5.98. The Balaban J connectivity index is 1.51. The summed E-state index contributed by atoms with van der Waals surface area (Å²) in [5.41, 5.74) is 1.59. The van der Waals surface area contributed by atoms with Crippen LogP contribution in [0.2, 0.25) is 5.02 Å². The van der Waals surface area contributed by atoms with Crippen LogP contribution in [0.15, 0.2) is 48.5 Å². The molecule has 0 spiro atoms. The van der Waals surface area contributed by atoms with E-state index in [9.17, 15) is 5.11 Å². The standard InChI is InChI=1S/C26H35ClN2O2/c1-28-14-16-29(17-15-28)19-23(26(30)12-6-3-7-13-26)22-10-11-25(24(27)18-22)31-20-21-8-4-2-5-9-21/h2,4-5,8-11,18,23,30H,3,6-7,12-17,19-20H2,1H3. The first-order valence-corrected chi connectivity index (χ1v) is 12.0. The van der Waals surface area contributed by atoms with Crippen LogP contribution in [0.25, 0.3) is 0 Å². The topological polar surface area (TPSA) is 35.9 Å². The maximum Gasteiger partial charge on any atom is 0.138 e. The Kier molecular flexibility index (Phi) is 7.55. The van der Waals surface area contributed by atoms with Crippen molar-refractivity contribution in [3.63, 3.8) is 0 Å². The highest BCUT2D eigenvalue weighted by molar-refractivity contribution is 6.32. The third-order valence-electron chi connectivity index (χ3n) is 7.00. The Labute approximate surface area is 191 Å². The molecule has 4 rings (SSSR count). The molecule has 168 valence electrons. The van der Waals surface area contributed by atoms with Crippen LogP contribution in [-0.4, -0.2) is 60.3 Å². The maximum atomic E-state index is 11.7. The predicted molar refractivity (Wildman–Crippen MR) is 127 cm³/mol. The first kappa shape index (κ1) is 22.6. The van der Waals surface area contributed by atoms with Crippen molar-refractivity contribution < 1.29 is 9.84 Å². The number of aliphatic hydroxyl groups is 1. The molecule has 2 aromatic carbocycles. The van der Waals surface area contributed by atoms with Crippen LogP contribution in [0.5, 0.6) is 5.75 Å². The number of hydrogen-bond donors (Lipinski definition) is 1. The van der Waals surface area contributed by atoms with Gasteiger partial charge >= 0.3 is 0 Å². The van der Waals surface area contributed by atoms with E-state index >= 15 is 0 Å². The van der Waals surface area contributed by atoms with E-state index in [2.05, 4.69) is 22.9 Å². The Hall–Kier alpha value is -1.59. The zero-order chi connectivity index (χ0) is 21.7. The average Bonchev–Trinajstić information content (AvgIpc) is 2.79. The van der Waals surface area contributed by atoms with E-state index in [1.807, 2.05) is 42.5 Å². The summed E-state index contributed by atoms with van der Waals surface area (Å²) in [4.78, 5) is 4.88. The molecule has 1 aliphatic heterocycles. The van der Waals surface area contributed by atoms with Gasteiger partial charge in [-0.1, -0.05) is 67.3 Å². The van der Waals surface area contributed by atoms with Gasteiger partial charge in [0.05, 0.1) is 10.6 Å². The van der Waals surface area contributed by atoms with Crippen LogP contribution in [0.1, 0.15) is 49.1 Å². The molecule has 1 unspecified atom stereocenters. The predicted octanol–water partition coefficient (Wildman–Crippen LogP) is 4.95. The number of halogens is 1. The molecule has 1 saturated carbocycles. The molecule has 4 nitrogen and oxygen atoms in total. The molecule has 0 amide bonds. The molecule has 1 aliphatic carbocycles. The van der Waals surface area contributed by atoms with Crippen LogP contribution >= 0.6 is 11.6 Å². The minimum Gasteiger partial charge on any atom is -0.487 e. The molecule has 31 heavy (non-hydrogen) atoms. The smallest absolute Gasteiger partial charge is 0.138 e. The van der Waals surface area contributed by atoms with Gasteiger partial charge in [-0.15, -0.1) is 0 Å². The van der Waals surface area contributed by atoms with Crippen molar-refractivity contribution in [1.82, 2.24) is 9.80 Å². The monoisotopic (exact) mass is 442 g/mol. The molecule has 2 aliphatic rings. The van der Waals surface area contributed by atoms with Crippen molar-refractivity contribution in [2.75, 3.05) is 39.8 Å². The first-order valence-electron chi connectivity index (χ1n) is 11.6. The van der Waals surface area contributed by atoms with E-state index in [-0.39, 0.29) is 5.92 Å². The van der Waals surface area contributed by atoms with Gasteiger partial charge in [-0.25, -0.2) is 0 Å². The van der Waals surface area contributed by atoms with Gasteiger partial charge in [-0.05, 0) is 43.1 Å². The molecule has 1 saturated heterocycles. The third kappa shape index (κ3) is 5.81. The maximum absolute atomic E-state index is 11.7. The van der Waals surface area contributed by atoms with Crippen LogP contribution in [0.3, 0.4) is 0 Å². The number of likely N-dealkylation sites (N-methyl/N-ethyl adjacent to an activating group) is 1. The largest absolute Gasteiger partial charge is 0.487 e. The summed E-state index contributed by atoms with van der Waals surface area (Å²) in [7, 11) is 2.18. The van der Waals surface area contributed by atoms with Crippen LogP contribution in [0, 0.1) is 0 Å². The zero-order valence-electron chi connectivity index (χ0n) is 18.6. The van der Waals surface area contributed by atoms with Crippen LogP contribution in [-0.2, 0) is 6.61 Å². The lowest BCUT2D eigenvalue weighted by Gasteiger charge is -2.43. The molecule has 0 bridgehead atoms. The van der Waals surface area contributed by atoms with Gasteiger partial charge in [0, 0.05) is 38.6 Å². The lowest BCUT2D eigenvalue weighted by Crippen LogP contribution is -2.50. The van der Waals surface area contributed by atoms with Crippen molar-refractivity contribution in [2.45, 2.75) is 50.2 Å². The molecule has 0 aromatic heterocycles. The summed E-state index contributed by atoms with van der Waals surface area (Å²) in [6.45, 7) is 5.64. The first-order chi connectivity index (χ1) is 15.0. The highest BCUT2D eigenvalue weighted by Gasteiger charge is 2.40. The normalized spacial score (nSPS) is 21.0. The lowest BCUT2D eigenvalue weighted by molar-refractivity contribution is -0.0337. The number of benzene rings is 2. The van der Waals surface area contributed by atoms with E-state index in [0.29, 0.717) is 17.4 Å². The van der Waals surface area contributed by atoms with Gasteiger partial charge in [0.2, 0.25) is 0 Å².